The first-order valence-electron chi connectivity index (χ1n) is 4.62. The number of hydrazine groups is 1. The summed E-state index contributed by atoms with van der Waals surface area (Å²) in [5.41, 5.74) is 2.64. The molecule has 0 aliphatic rings. The van der Waals surface area contributed by atoms with Crippen molar-refractivity contribution in [2.45, 2.75) is 25.9 Å². The normalized spacial score (nSPS) is 14.5. The number of hydrogen-bond donors (Lipinski definition) is 3. The Morgan fingerprint density at radius 1 is 1.71 bits per heavy atom. The molecule has 1 amide bonds. The first kappa shape index (κ1) is 13.5. The van der Waals surface area contributed by atoms with Crippen molar-refractivity contribution in [3.05, 3.63) is 12.7 Å². The van der Waals surface area contributed by atoms with Gasteiger partial charge < -0.3 is 5.32 Å². The third-order valence-corrected chi connectivity index (χ3v) is 2.88. The van der Waals surface area contributed by atoms with Gasteiger partial charge in [-0.2, -0.15) is 11.8 Å². The first-order valence-corrected chi connectivity index (χ1v) is 5.78. The number of amides is 1. The highest BCUT2D eigenvalue weighted by Gasteiger charge is 2.16. The van der Waals surface area contributed by atoms with E-state index in [0.717, 1.165) is 11.5 Å². The van der Waals surface area contributed by atoms with E-state index in [-0.39, 0.29) is 18.0 Å². The van der Waals surface area contributed by atoms with Crippen molar-refractivity contribution in [3.63, 3.8) is 0 Å². The Morgan fingerprint density at radius 2 is 2.36 bits per heavy atom. The van der Waals surface area contributed by atoms with Crippen LogP contribution in [0.3, 0.4) is 0 Å². The van der Waals surface area contributed by atoms with Crippen LogP contribution in [0.25, 0.3) is 0 Å². The molecule has 5 heteroatoms. The second kappa shape index (κ2) is 7.84. The van der Waals surface area contributed by atoms with Crippen LogP contribution in [0.2, 0.25) is 0 Å². The summed E-state index contributed by atoms with van der Waals surface area (Å²) < 4.78 is 0. The molecule has 0 heterocycles. The summed E-state index contributed by atoms with van der Waals surface area (Å²) in [6.07, 6.45) is 1.27. The van der Waals surface area contributed by atoms with E-state index in [1.54, 1.807) is 11.8 Å². The lowest BCUT2D eigenvalue weighted by Gasteiger charge is -2.23. The maximum absolute atomic E-state index is 11.1. The van der Waals surface area contributed by atoms with Gasteiger partial charge in [0.2, 0.25) is 5.91 Å². The summed E-state index contributed by atoms with van der Waals surface area (Å²) in [5.74, 6) is 7.04. The molecule has 82 valence electrons. The Morgan fingerprint density at radius 3 is 2.79 bits per heavy atom. The Kier molecular flexibility index (Phi) is 7.55. The van der Waals surface area contributed by atoms with Crippen molar-refractivity contribution in [2.75, 3.05) is 11.5 Å². The highest BCUT2D eigenvalue weighted by molar-refractivity contribution is 7.99. The molecule has 0 aliphatic heterocycles. The number of thioether (sulfide) groups is 1. The number of nitrogens with one attached hydrogen (secondary N) is 2. The quantitative estimate of drug-likeness (QED) is 0.325. The van der Waals surface area contributed by atoms with E-state index in [1.165, 1.54) is 6.08 Å². The van der Waals surface area contributed by atoms with Gasteiger partial charge in [-0.15, -0.1) is 0 Å². The second-order valence-corrected chi connectivity index (χ2v) is 4.25. The van der Waals surface area contributed by atoms with E-state index in [2.05, 4.69) is 24.2 Å². The fourth-order valence-electron chi connectivity index (χ4n) is 0.914. The van der Waals surface area contributed by atoms with E-state index in [4.69, 9.17) is 5.84 Å². The van der Waals surface area contributed by atoms with Gasteiger partial charge in [-0.05, 0) is 18.8 Å². The molecule has 0 spiro atoms. The van der Waals surface area contributed by atoms with Crippen molar-refractivity contribution in [1.29, 1.82) is 0 Å². The van der Waals surface area contributed by atoms with Crippen LogP contribution in [0, 0.1) is 0 Å². The van der Waals surface area contributed by atoms with Gasteiger partial charge in [-0.3, -0.25) is 16.1 Å². The number of hydrogen-bond acceptors (Lipinski definition) is 4. The fraction of sp³-hybridized carbons (Fsp3) is 0.667. The largest absolute Gasteiger partial charge is 0.347 e. The van der Waals surface area contributed by atoms with Gasteiger partial charge in [0.1, 0.15) is 0 Å². The summed E-state index contributed by atoms with van der Waals surface area (Å²) in [4.78, 5) is 11.1. The van der Waals surface area contributed by atoms with Crippen LogP contribution in [0.15, 0.2) is 12.7 Å². The van der Waals surface area contributed by atoms with Crippen LogP contribution in [0.5, 0.6) is 0 Å². The third kappa shape index (κ3) is 5.26. The molecule has 0 aromatic carbocycles. The molecule has 0 saturated carbocycles. The van der Waals surface area contributed by atoms with Crippen molar-refractivity contribution in [1.82, 2.24) is 10.7 Å². The molecule has 0 rings (SSSR count). The summed E-state index contributed by atoms with van der Waals surface area (Å²) in [6, 6.07) is 0.0911. The smallest absolute Gasteiger partial charge is 0.243 e. The highest BCUT2D eigenvalue weighted by atomic mass is 32.2. The van der Waals surface area contributed by atoms with Crippen molar-refractivity contribution >= 4 is 17.7 Å². The van der Waals surface area contributed by atoms with E-state index < -0.39 is 0 Å². The van der Waals surface area contributed by atoms with Gasteiger partial charge in [0.15, 0.2) is 0 Å². The molecule has 2 unspecified atom stereocenters. The van der Waals surface area contributed by atoms with E-state index >= 15 is 0 Å². The van der Waals surface area contributed by atoms with Gasteiger partial charge >= 0.3 is 0 Å². The van der Waals surface area contributed by atoms with Crippen LogP contribution in [0.4, 0.5) is 0 Å². The summed E-state index contributed by atoms with van der Waals surface area (Å²) in [7, 11) is 0. The number of carbonyl (C=O) groups excluding carboxylic acids is 1. The average molecular weight is 217 g/mol. The number of nitrogens with two attached hydrogens (primary N) is 1. The van der Waals surface area contributed by atoms with Gasteiger partial charge in [0.25, 0.3) is 0 Å². The molecule has 2 atom stereocenters. The lowest BCUT2D eigenvalue weighted by molar-refractivity contribution is -0.117. The summed E-state index contributed by atoms with van der Waals surface area (Å²) >= 11 is 1.77. The third-order valence-electron chi connectivity index (χ3n) is 1.88. The maximum atomic E-state index is 11.1. The molecule has 0 radical (unpaired) electrons. The monoisotopic (exact) mass is 217 g/mol. The lowest BCUT2D eigenvalue weighted by Crippen LogP contribution is -2.51. The summed E-state index contributed by atoms with van der Waals surface area (Å²) in [6.45, 7) is 7.42. The average Bonchev–Trinajstić information content (AvgIpc) is 2.22. The van der Waals surface area contributed by atoms with Crippen LogP contribution < -0.4 is 16.6 Å². The van der Waals surface area contributed by atoms with Gasteiger partial charge in [0.05, 0.1) is 6.04 Å². The Bertz CT molecular complexity index is 187. The molecule has 0 aromatic rings. The van der Waals surface area contributed by atoms with Gasteiger partial charge in [-0.1, -0.05) is 13.5 Å². The molecule has 0 saturated heterocycles. The topological polar surface area (TPSA) is 67.2 Å². The van der Waals surface area contributed by atoms with Gasteiger partial charge in [-0.25, -0.2) is 0 Å². The zero-order valence-electron chi connectivity index (χ0n) is 8.75. The molecular formula is C9H19N3OS. The van der Waals surface area contributed by atoms with Crippen LogP contribution in [-0.4, -0.2) is 29.5 Å². The molecule has 14 heavy (non-hydrogen) atoms. The van der Waals surface area contributed by atoms with E-state index in [9.17, 15) is 4.79 Å². The predicted molar refractivity (Wildman–Crippen MR) is 61.9 cm³/mol. The Hall–Kier alpha value is -0.520. The fourth-order valence-corrected chi connectivity index (χ4v) is 1.78. The predicted octanol–water partition coefficient (Wildman–Crippen LogP) is 0.262. The molecule has 4 N–H and O–H groups in total. The summed E-state index contributed by atoms with van der Waals surface area (Å²) in [5, 5.41) is 2.83. The van der Waals surface area contributed by atoms with Crippen LogP contribution >= 0.6 is 11.8 Å². The molecule has 0 aromatic heterocycles. The Labute approximate surface area is 89.7 Å². The standard InChI is InChI=1S/C9H19N3OS/c1-4-9(13)11-8(6-14-5-2)7(3)12-10/h4,7-8,12H,1,5-6,10H2,2-3H3,(H,11,13). The Balaban J connectivity index is 4.09. The van der Waals surface area contributed by atoms with E-state index in [1.807, 2.05) is 6.92 Å². The van der Waals surface area contributed by atoms with Crippen LogP contribution in [-0.2, 0) is 4.79 Å². The number of rotatable bonds is 7. The molecule has 4 nitrogen and oxygen atoms in total. The maximum Gasteiger partial charge on any atom is 0.243 e. The minimum Gasteiger partial charge on any atom is -0.347 e. The molecule has 0 bridgehead atoms. The zero-order valence-corrected chi connectivity index (χ0v) is 9.56. The highest BCUT2D eigenvalue weighted by Crippen LogP contribution is 2.05. The minimum absolute atomic E-state index is 0.0375. The molecule has 0 aliphatic carbocycles. The molecule has 0 fully saturated rings. The SMILES string of the molecule is C=CC(=O)NC(CSCC)C(C)NN. The first-order chi connectivity index (χ1) is 6.65. The minimum atomic E-state index is -0.159. The zero-order chi connectivity index (χ0) is 11.0. The van der Waals surface area contributed by atoms with Gasteiger partial charge in [0, 0.05) is 11.8 Å². The molecular weight excluding hydrogens is 198 g/mol. The van der Waals surface area contributed by atoms with Crippen LogP contribution in [0.1, 0.15) is 13.8 Å². The number of carbonyl (C=O) groups is 1. The van der Waals surface area contributed by atoms with Crippen molar-refractivity contribution in [2.24, 2.45) is 5.84 Å². The van der Waals surface area contributed by atoms with Crippen molar-refractivity contribution in [3.8, 4) is 0 Å². The second-order valence-electron chi connectivity index (χ2n) is 2.93. The van der Waals surface area contributed by atoms with Crippen molar-refractivity contribution < 1.29 is 4.79 Å². The lowest BCUT2D eigenvalue weighted by atomic mass is 10.2. The van der Waals surface area contributed by atoms with E-state index in [0.29, 0.717) is 0 Å².